The lowest BCUT2D eigenvalue weighted by Crippen LogP contribution is -2.22. The summed E-state index contributed by atoms with van der Waals surface area (Å²) < 4.78 is 36.3. The molecule has 4 nitrogen and oxygen atoms in total. The standard InChI is InChI=1S/C10H7BrF3NO3/c11-5-1-2-7(6(3-5)9(17)18)15-8(16)4-10(12,13)14/h1-3H,4H2,(H,15,16)(H,17,18). The molecule has 0 aliphatic heterocycles. The van der Waals surface area contributed by atoms with Crippen LogP contribution in [0, 0.1) is 0 Å². The van der Waals surface area contributed by atoms with Gasteiger partial charge in [-0.2, -0.15) is 13.2 Å². The van der Waals surface area contributed by atoms with Gasteiger partial charge in [-0.15, -0.1) is 0 Å². The Kier molecular flexibility index (Phi) is 4.33. The number of carbonyl (C=O) groups excluding carboxylic acids is 1. The lowest BCUT2D eigenvalue weighted by atomic mass is 10.1. The van der Waals surface area contributed by atoms with Crippen LogP contribution in [0.5, 0.6) is 0 Å². The average molecular weight is 326 g/mol. The number of amides is 1. The molecule has 18 heavy (non-hydrogen) atoms. The zero-order valence-electron chi connectivity index (χ0n) is 8.71. The van der Waals surface area contributed by atoms with E-state index in [2.05, 4.69) is 15.9 Å². The Labute approximate surface area is 108 Å². The smallest absolute Gasteiger partial charge is 0.397 e. The Morgan fingerprint density at radius 1 is 1.33 bits per heavy atom. The zero-order chi connectivity index (χ0) is 13.9. The van der Waals surface area contributed by atoms with E-state index in [1.165, 1.54) is 18.2 Å². The summed E-state index contributed by atoms with van der Waals surface area (Å²) in [7, 11) is 0. The number of carboxylic acids is 1. The van der Waals surface area contributed by atoms with Gasteiger partial charge in [-0.25, -0.2) is 4.79 Å². The second-order valence-corrected chi connectivity index (χ2v) is 4.25. The number of hydrogen-bond acceptors (Lipinski definition) is 2. The van der Waals surface area contributed by atoms with Gasteiger partial charge < -0.3 is 10.4 Å². The van der Waals surface area contributed by atoms with Gasteiger partial charge in [-0.05, 0) is 18.2 Å². The molecule has 0 radical (unpaired) electrons. The van der Waals surface area contributed by atoms with Gasteiger partial charge in [0.25, 0.3) is 0 Å². The maximum absolute atomic E-state index is 11.9. The van der Waals surface area contributed by atoms with Crippen LogP contribution in [0.2, 0.25) is 0 Å². The number of carbonyl (C=O) groups is 2. The number of benzene rings is 1. The molecule has 0 atom stereocenters. The van der Waals surface area contributed by atoms with E-state index in [1.54, 1.807) is 0 Å². The number of alkyl halides is 3. The Morgan fingerprint density at radius 2 is 1.94 bits per heavy atom. The van der Waals surface area contributed by atoms with Crippen molar-refractivity contribution in [1.29, 1.82) is 0 Å². The molecular weight excluding hydrogens is 319 g/mol. The van der Waals surface area contributed by atoms with E-state index in [1.807, 2.05) is 5.32 Å². The highest BCUT2D eigenvalue weighted by Crippen LogP contribution is 2.24. The second-order valence-electron chi connectivity index (χ2n) is 3.34. The summed E-state index contributed by atoms with van der Waals surface area (Å²) in [6.07, 6.45) is -6.30. The number of carboxylic acid groups (broad SMARTS) is 1. The Balaban J connectivity index is 2.91. The van der Waals surface area contributed by atoms with E-state index in [-0.39, 0.29) is 11.3 Å². The number of rotatable bonds is 3. The minimum absolute atomic E-state index is 0.181. The van der Waals surface area contributed by atoms with Gasteiger partial charge in [-0.1, -0.05) is 15.9 Å². The molecule has 0 fully saturated rings. The minimum Gasteiger partial charge on any atom is -0.478 e. The van der Waals surface area contributed by atoms with Crippen molar-refractivity contribution in [2.75, 3.05) is 5.32 Å². The summed E-state index contributed by atoms with van der Waals surface area (Å²) in [5.41, 5.74) is -0.472. The third-order valence-corrected chi connectivity index (χ3v) is 2.34. The lowest BCUT2D eigenvalue weighted by molar-refractivity contribution is -0.150. The number of nitrogens with one attached hydrogen (secondary N) is 1. The summed E-state index contributed by atoms with van der Waals surface area (Å²) >= 11 is 3.02. The Morgan fingerprint density at radius 3 is 2.44 bits per heavy atom. The first-order chi connectivity index (χ1) is 8.19. The summed E-state index contributed by atoms with van der Waals surface area (Å²) in [5, 5.41) is 10.8. The molecule has 0 aliphatic carbocycles. The fraction of sp³-hybridized carbons (Fsp3) is 0.200. The summed E-state index contributed by atoms with van der Waals surface area (Å²) in [5.74, 6) is -2.66. The molecule has 8 heteroatoms. The molecule has 1 rings (SSSR count). The van der Waals surface area contributed by atoms with Gasteiger partial charge >= 0.3 is 12.1 Å². The van der Waals surface area contributed by atoms with Gasteiger partial charge in [0, 0.05) is 4.47 Å². The second kappa shape index (κ2) is 5.38. The molecule has 0 aromatic heterocycles. The van der Waals surface area contributed by atoms with E-state index >= 15 is 0 Å². The van der Waals surface area contributed by atoms with Crippen LogP contribution >= 0.6 is 15.9 Å². The SMILES string of the molecule is O=C(CC(F)(F)F)Nc1ccc(Br)cc1C(=O)O. The van der Waals surface area contributed by atoms with Crippen molar-refractivity contribution in [2.45, 2.75) is 12.6 Å². The molecule has 2 N–H and O–H groups in total. The number of aromatic carboxylic acids is 1. The quantitative estimate of drug-likeness (QED) is 0.897. The number of anilines is 1. The predicted molar refractivity (Wildman–Crippen MR) is 60.4 cm³/mol. The lowest BCUT2D eigenvalue weighted by Gasteiger charge is -2.10. The first kappa shape index (κ1) is 14.5. The van der Waals surface area contributed by atoms with Crippen LogP contribution in [0.15, 0.2) is 22.7 Å². The van der Waals surface area contributed by atoms with E-state index in [9.17, 15) is 22.8 Å². The van der Waals surface area contributed by atoms with Crippen molar-refractivity contribution >= 4 is 33.5 Å². The maximum atomic E-state index is 11.9. The van der Waals surface area contributed by atoms with Crippen LogP contribution in [-0.4, -0.2) is 23.2 Å². The van der Waals surface area contributed by atoms with Gasteiger partial charge in [0.1, 0.15) is 6.42 Å². The van der Waals surface area contributed by atoms with Crippen molar-refractivity contribution in [3.63, 3.8) is 0 Å². The van der Waals surface area contributed by atoms with E-state index in [0.29, 0.717) is 4.47 Å². The number of halogens is 4. The van der Waals surface area contributed by atoms with Crippen LogP contribution in [0.25, 0.3) is 0 Å². The topological polar surface area (TPSA) is 66.4 Å². The monoisotopic (exact) mass is 325 g/mol. The maximum Gasteiger partial charge on any atom is 0.397 e. The molecule has 0 saturated carbocycles. The molecule has 0 unspecified atom stereocenters. The van der Waals surface area contributed by atoms with Gasteiger partial charge in [-0.3, -0.25) is 4.79 Å². The molecule has 0 heterocycles. The molecule has 0 aliphatic rings. The largest absolute Gasteiger partial charge is 0.478 e. The Bertz CT molecular complexity index is 488. The van der Waals surface area contributed by atoms with Crippen LogP contribution in [-0.2, 0) is 4.79 Å². The van der Waals surface area contributed by atoms with E-state index in [4.69, 9.17) is 5.11 Å². The highest BCUT2D eigenvalue weighted by atomic mass is 79.9. The van der Waals surface area contributed by atoms with Crippen molar-refractivity contribution < 1.29 is 27.9 Å². The first-order valence-corrected chi connectivity index (χ1v) is 5.38. The fourth-order valence-electron chi connectivity index (χ4n) is 1.18. The van der Waals surface area contributed by atoms with Crippen LogP contribution in [0.3, 0.4) is 0 Å². The highest BCUT2D eigenvalue weighted by molar-refractivity contribution is 9.10. The van der Waals surface area contributed by atoms with E-state index < -0.39 is 24.5 Å². The van der Waals surface area contributed by atoms with Crippen molar-refractivity contribution in [3.8, 4) is 0 Å². The minimum atomic E-state index is -4.64. The normalized spacial score (nSPS) is 11.1. The summed E-state index contributed by atoms with van der Waals surface area (Å²) in [6, 6.07) is 3.81. The third-order valence-electron chi connectivity index (χ3n) is 1.85. The molecule has 0 spiro atoms. The molecule has 1 amide bonds. The molecule has 1 aromatic rings. The van der Waals surface area contributed by atoms with Crippen molar-refractivity contribution in [1.82, 2.24) is 0 Å². The molecular formula is C10H7BrF3NO3. The van der Waals surface area contributed by atoms with Crippen LogP contribution in [0.1, 0.15) is 16.8 Å². The first-order valence-electron chi connectivity index (χ1n) is 4.58. The van der Waals surface area contributed by atoms with Crippen molar-refractivity contribution in [2.24, 2.45) is 0 Å². The van der Waals surface area contributed by atoms with Crippen molar-refractivity contribution in [3.05, 3.63) is 28.2 Å². The summed E-state index contributed by atoms with van der Waals surface area (Å²) in [4.78, 5) is 21.9. The highest BCUT2D eigenvalue weighted by Gasteiger charge is 2.31. The summed E-state index contributed by atoms with van der Waals surface area (Å²) in [6.45, 7) is 0. The zero-order valence-corrected chi connectivity index (χ0v) is 10.3. The number of hydrogen-bond donors (Lipinski definition) is 2. The molecule has 98 valence electrons. The average Bonchev–Trinajstić information content (AvgIpc) is 2.17. The van der Waals surface area contributed by atoms with E-state index in [0.717, 1.165) is 0 Å². The molecule has 0 bridgehead atoms. The molecule has 0 saturated heterocycles. The fourth-order valence-corrected chi connectivity index (χ4v) is 1.54. The predicted octanol–water partition coefficient (Wildman–Crippen LogP) is 3.04. The van der Waals surface area contributed by atoms with Gasteiger partial charge in [0.05, 0.1) is 11.3 Å². The van der Waals surface area contributed by atoms with Crippen LogP contribution in [0.4, 0.5) is 18.9 Å². The van der Waals surface area contributed by atoms with Crippen LogP contribution < -0.4 is 5.32 Å². The Hall–Kier alpha value is -1.57. The van der Waals surface area contributed by atoms with Gasteiger partial charge in [0.15, 0.2) is 0 Å². The third kappa shape index (κ3) is 4.36. The van der Waals surface area contributed by atoms with Gasteiger partial charge in [0.2, 0.25) is 5.91 Å². The molecule has 1 aromatic carbocycles.